The van der Waals surface area contributed by atoms with E-state index in [1.807, 2.05) is 0 Å². The predicted molar refractivity (Wildman–Crippen MR) is 85.1 cm³/mol. The van der Waals surface area contributed by atoms with Crippen LogP contribution >= 0.6 is 0 Å². The third-order valence-electron chi connectivity index (χ3n) is 4.41. The summed E-state index contributed by atoms with van der Waals surface area (Å²) in [6.45, 7) is 5.37. The van der Waals surface area contributed by atoms with Crippen LogP contribution in [0.3, 0.4) is 0 Å². The molecule has 0 aliphatic carbocycles. The zero-order chi connectivity index (χ0) is 13.9. The van der Waals surface area contributed by atoms with Crippen molar-refractivity contribution in [3.8, 4) is 0 Å². The summed E-state index contributed by atoms with van der Waals surface area (Å²) >= 11 is 0. The van der Waals surface area contributed by atoms with Crippen molar-refractivity contribution in [2.24, 2.45) is 5.92 Å². The molecule has 1 aliphatic rings. The van der Waals surface area contributed by atoms with Gasteiger partial charge in [-0.15, -0.1) is 0 Å². The third-order valence-corrected chi connectivity index (χ3v) is 4.41. The molecule has 3 rings (SSSR count). The molecule has 0 amide bonds. The van der Waals surface area contributed by atoms with Gasteiger partial charge in [0.15, 0.2) is 0 Å². The average molecular weight is 268 g/mol. The molecule has 1 nitrogen and oxygen atoms in total. The summed E-state index contributed by atoms with van der Waals surface area (Å²) in [6, 6.07) is 13.5. The molecule has 2 unspecified atom stereocenters. The molecular formula is C19H24O. The first kappa shape index (κ1) is 13.6. The number of hydrogen-bond acceptors (Lipinski definition) is 1. The number of ether oxygens (including phenoxy) is 1. The first-order chi connectivity index (χ1) is 9.70. The molecule has 1 aliphatic heterocycles. The first-order valence-electron chi connectivity index (χ1n) is 7.81. The highest BCUT2D eigenvalue weighted by Gasteiger charge is 2.18. The van der Waals surface area contributed by atoms with Crippen LogP contribution in [-0.2, 0) is 11.2 Å². The summed E-state index contributed by atoms with van der Waals surface area (Å²) < 4.78 is 5.92. The van der Waals surface area contributed by atoms with E-state index in [0.29, 0.717) is 6.10 Å². The van der Waals surface area contributed by atoms with Crippen LogP contribution in [-0.4, -0.2) is 12.7 Å². The van der Waals surface area contributed by atoms with Crippen molar-refractivity contribution in [2.45, 2.75) is 45.6 Å². The second-order valence-electron chi connectivity index (χ2n) is 6.36. The maximum absolute atomic E-state index is 5.92. The molecule has 1 heterocycles. The van der Waals surface area contributed by atoms with Crippen LogP contribution in [0.4, 0.5) is 0 Å². The Morgan fingerprint density at radius 1 is 1.05 bits per heavy atom. The van der Waals surface area contributed by atoms with Crippen molar-refractivity contribution in [1.29, 1.82) is 0 Å². The Morgan fingerprint density at radius 2 is 1.85 bits per heavy atom. The van der Waals surface area contributed by atoms with E-state index in [0.717, 1.165) is 25.4 Å². The van der Waals surface area contributed by atoms with E-state index < -0.39 is 0 Å². The number of benzene rings is 2. The summed E-state index contributed by atoms with van der Waals surface area (Å²) in [5.74, 6) is 0.746. The fraction of sp³-hybridized carbons (Fsp3) is 0.474. The highest BCUT2D eigenvalue weighted by molar-refractivity contribution is 5.83. The molecule has 20 heavy (non-hydrogen) atoms. The molecule has 2 aromatic carbocycles. The molecule has 0 aromatic heterocycles. The van der Waals surface area contributed by atoms with Crippen LogP contribution in [0.5, 0.6) is 0 Å². The van der Waals surface area contributed by atoms with E-state index in [1.54, 1.807) is 0 Å². The lowest BCUT2D eigenvalue weighted by molar-refractivity contribution is -0.0147. The minimum absolute atomic E-state index is 0.472. The molecule has 1 heteroatoms. The quantitative estimate of drug-likeness (QED) is 0.769. The van der Waals surface area contributed by atoms with Gasteiger partial charge >= 0.3 is 0 Å². The fourth-order valence-corrected chi connectivity index (χ4v) is 3.06. The molecule has 0 bridgehead atoms. The largest absolute Gasteiger partial charge is 0.378 e. The highest BCUT2D eigenvalue weighted by Crippen LogP contribution is 2.23. The van der Waals surface area contributed by atoms with E-state index in [9.17, 15) is 0 Å². The van der Waals surface area contributed by atoms with Crippen LogP contribution in [0, 0.1) is 12.8 Å². The SMILES string of the molecule is Cc1ccc2cc(CCC3CCC(C)CO3)ccc2c1. The minimum atomic E-state index is 0.472. The molecule has 1 saturated heterocycles. The maximum atomic E-state index is 5.92. The Morgan fingerprint density at radius 3 is 2.65 bits per heavy atom. The van der Waals surface area contributed by atoms with Gasteiger partial charge in [-0.3, -0.25) is 0 Å². The van der Waals surface area contributed by atoms with Crippen LogP contribution < -0.4 is 0 Å². The van der Waals surface area contributed by atoms with Gasteiger partial charge in [0.05, 0.1) is 6.10 Å². The van der Waals surface area contributed by atoms with Crippen molar-refractivity contribution in [1.82, 2.24) is 0 Å². The number of fused-ring (bicyclic) bond motifs is 1. The van der Waals surface area contributed by atoms with Crippen molar-refractivity contribution in [2.75, 3.05) is 6.61 Å². The fourth-order valence-electron chi connectivity index (χ4n) is 3.06. The van der Waals surface area contributed by atoms with Crippen LogP contribution in [0.2, 0.25) is 0 Å². The van der Waals surface area contributed by atoms with Gasteiger partial charge in [0, 0.05) is 6.61 Å². The molecule has 1 fully saturated rings. The zero-order valence-corrected chi connectivity index (χ0v) is 12.6. The number of aryl methyl sites for hydroxylation is 2. The number of rotatable bonds is 3. The second kappa shape index (κ2) is 5.97. The van der Waals surface area contributed by atoms with Crippen molar-refractivity contribution in [3.63, 3.8) is 0 Å². The Hall–Kier alpha value is -1.34. The van der Waals surface area contributed by atoms with Crippen molar-refractivity contribution in [3.05, 3.63) is 47.5 Å². The van der Waals surface area contributed by atoms with Crippen LogP contribution in [0.1, 0.15) is 37.3 Å². The van der Waals surface area contributed by atoms with E-state index in [-0.39, 0.29) is 0 Å². The van der Waals surface area contributed by atoms with Gasteiger partial charge in [-0.25, -0.2) is 0 Å². The maximum Gasteiger partial charge on any atom is 0.0578 e. The van der Waals surface area contributed by atoms with E-state index in [4.69, 9.17) is 4.74 Å². The van der Waals surface area contributed by atoms with Gasteiger partial charge in [0.2, 0.25) is 0 Å². The van der Waals surface area contributed by atoms with Crippen LogP contribution in [0.15, 0.2) is 36.4 Å². The van der Waals surface area contributed by atoms with Gasteiger partial charge in [-0.05, 0) is 54.9 Å². The third kappa shape index (κ3) is 3.21. The lowest BCUT2D eigenvalue weighted by atomic mass is 9.95. The highest BCUT2D eigenvalue weighted by atomic mass is 16.5. The Kier molecular flexibility index (Phi) is 4.07. The first-order valence-corrected chi connectivity index (χ1v) is 7.81. The Bertz CT molecular complexity index is 579. The standard InChI is InChI=1S/C19H24O/c1-14-3-7-18-12-16(5-8-17(18)11-14)6-10-19-9-4-15(2)13-20-19/h3,5,7-8,11-12,15,19H,4,6,9-10,13H2,1-2H3. The molecule has 2 aromatic rings. The van der Waals surface area contributed by atoms with Gasteiger partial charge in [-0.2, -0.15) is 0 Å². The monoisotopic (exact) mass is 268 g/mol. The molecule has 106 valence electrons. The summed E-state index contributed by atoms with van der Waals surface area (Å²) in [7, 11) is 0. The lowest BCUT2D eigenvalue weighted by Crippen LogP contribution is -2.24. The molecule has 0 N–H and O–H groups in total. The molecular weight excluding hydrogens is 244 g/mol. The van der Waals surface area contributed by atoms with Crippen LogP contribution in [0.25, 0.3) is 10.8 Å². The number of hydrogen-bond donors (Lipinski definition) is 0. The Labute approximate surface area is 122 Å². The smallest absolute Gasteiger partial charge is 0.0578 e. The molecule has 0 radical (unpaired) electrons. The second-order valence-corrected chi connectivity index (χ2v) is 6.36. The van der Waals surface area contributed by atoms with Gasteiger partial charge in [0.1, 0.15) is 0 Å². The summed E-state index contributed by atoms with van der Waals surface area (Å²) in [5.41, 5.74) is 2.76. The normalized spacial score (nSPS) is 23.1. The van der Waals surface area contributed by atoms with E-state index in [1.165, 1.54) is 34.7 Å². The Balaban J connectivity index is 1.64. The van der Waals surface area contributed by atoms with Gasteiger partial charge in [-0.1, -0.05) is 48.9 Å². The molecule has 0 spiro atoms. The van der Waals surface area contributed by atoms with E-state index in [2.05, 4.69) is 50.2 Å². The minimum Gasteiger partial charge on any atom is -0.378 e. The summed E-state index contributed by atoms with van der Waals surface area (Å²) in [6.07, 6.45) is 5.31. The van der Waals surface area contributed by atoms with Gasteiger partial charge in [0.25, 0.3) is 0 Å². The average Bonchev–Trinajstić information content (AvgIpc) is 2.46. The van der Waals surface area contributed by atoms with E-state index >= 15 is 0 Å². The molecule has 2 atom stereocenters. The summed E-state index contributed by atoms with van der Waals surface area (Å²) in [5, 5.41) is 2.70. The predicted octanol–water partition coefficient (Wildman–Crippen LogP) is 4.90. The van der Waals surface area contributed by atoms with Gasteiger partial charge < -0.3 is 4.74 Å². The van der Waals surface area contributed by atoms with Crippen molar-refractivity contribution >= 4 is 10.8 Å². The summed E-state index contributed by atoms with van der Waals surface area (Å²) in [4.78, 5) is 0. The lowest BCUT2D eigenvalue weighted by Gasteiger charge is -2.26. The van der Waals surface area contributed by atoms with Crippen molar-refractivity contribution < 1.29 is 4.74 Å². The molecule has 0 saturated carbocycles. The topological polar surface area (TPSA) is 9.23 Å². The zero-order valence-electron chi connectivity index (χ0n) is 12.6.